The van der Waals surface area contributed by atoms with Gasteiger partial charge in [0.1, 0.15) is 0 Å². The molecule has 6 heteroatoms. The minimum Gasteiger partial charge on any atom is -0.374 e. The van der Waals surface area contributed by atoms with E-state index in [4.69, 9.17) is 16.3 Å². The molecule has 2 aliphatic rings. The molecule has 118 valence electrons. The van der Waals surface area contributed by atoms with Crippen molar-refractivity contribution < 1.29 is 4.74 Å². The van der Waals surface area contributed by atoms with Crippen molar-refractivity contribution in [2.45, 2.75) is 25.5 Å². The standard InChI is InChI=1S/C16H21ClN4O/c1-11-16(2,10-22-11)21-5-3-20(4-6-21)15-8-14-12(7-13(15)17)9-18-19-14/h7-9,11H,3-6,10H2,1-2H3,(H,18,19)/t11-,16?/m1/s1. The zero-order valence-corrected chi connectivity index (χ0v) is 13.7. The van der Waals surface area contributed by atoms with Crippen LogP contribution < -0.4 is 4.90 Å². The maximum absolute atomic E-state index is 6.46. The second-order valence-electron chi connectivity index (χ2n) is 6.55. The summed E-state index contributed by atoms with van der Waals surface area (Å²) in [5.41, 5.74) is 2.33. The van der Waals surface area contributed by atoms with Crippen molar-refractivity contribution in [3.8, 4) is 0 Å². The maximum atomic E-state index is 6.46. The van der Waals surface area contributed by atoms with Crippen molar-refractivity contribution in [3.63, 3.8) is 0 Å². The van der Waals surface area contributed by atoms with E-state index >= 15 is 0 Å². The van der Waals surface area contributed by atoms with Gasteiger partial charge in [0.2, 0.25) is 0 Å². The Kier molecular flexibility index (Phi) is 3.33. The molecule has 1 aromatic carbocycles. The van der Waals surface area contributed by atoms with E-state index in [-0.39, 0.29) is 5.54 Å². The summed E-state index contributed by atoms with van der Waals surface area (Å²) in [6.45, 7) is 9.38. The normalized spacial score (nSPS) is 29.8. The summed E-state index contributed by atoms with van der Waals surface area (Å²) >= 11 is 6.46. The van der Waals surface area contributed by atoms with Crippen molar-refractivity contribution >= 4 is 28.2 Å². The molecule has 1 N–H and O–H groups in total. The molecule has 0 bridgehead atoms. The van der Waals surface area contributed by atoms with Gasteiger partial charge in [-0.3, -0.25) is 10.00 Å². The average molecular weight is 321 g/mol. The summed E-state index contributed by atoms with van der Waals surface area (Å²) < 4.78 is 5.58. The highest BCUT2D eigenvalue weighted by Crippen LogP contribution is 2.35. The topological polar surface area (TPSA) is 44.4 Å². The van der Waals surface area contributed by atoms with Gasteiger partial charge < -0.3 is 9.64 Å². The van der Waals surface area contributed by atoms with Crippen LogP contribution in [0.3, 0.4) is 0 Å². The van der Waals surface area contributed by atoms with Gasteiger partial charge in [-0.1, -0.05) is 11.6 Å². The van der Waals surface area contributed by atoms with E-state index in [1.807, 2.05) is 12.3 Å². The Balaban J connectivity index is 1.51. The summed E-state index contributed by atoms with van der Waals surface area (Å²) in [6, 6.07) is 4.10. The zero-order valence-electron chi connectivity index (χ0n) is 13.0. The third-order valence-corrected chi connectivity index (χ3v) is 5.65. The number of fused-ring (bicyclic) bond motifs is 1. The lowest BCUT2D eigenvalue weighted by Gasteiger charge is -2.54. The number of benzene rings is 1. The van der Waals surface area contributed by atoms with Gasteiger partial charge in [0.05, 0.1) is 40.7 Å². The van der Waals surface area contributed by atoms with Crippen molar-refractivity contribution in [1.29, 1.82) is 0 Å². The van der Waals surface area contributed by atoms with Crippen molar-refractivity contribution in [1.82, 2.24) is 15.1 Å². The number of hydrogen-bond donors (Lipinski definition) is 1. The monoisotopic (exact) mass is 320 g/mol. The molecule has 2 saturated heterocycles. The van der Waals surface area contributed by atoms with E-state index in [1.165, 1.54) is 0 Å². The highest BCUT2D eigenvalue weighted by atomic mass is 35.5. The molecule has 0 saturated carbocycles. The van der Waals surface area contributed by atoms with Crippen LogP contribution >= 0.6 is 11.6 Å². The summed E-state index contributed by atoms with van der Waals surface area (Å²) in [4.78, 5) is 4.92. The molecule has 0 amide bonds. The number of aromatic amines is 1. The molecule has 1 aromatic heterocycles. The second kappa shape index (κ2) is 5.11. The molecule has 2 aliphatic heterocycles. The van der Waals surface area contributed by atoms with Crippen LogP contribution in [0, 0.1) is 0 Å². The molecule has 2 aromatic rings. The number of nitrogens with zero attached hydrogens (tertiary/aromatic N) is 3. The molecule has 0 radical (unpaired) electrons. The smallest absolute Gasteiger partial charge is 0.0751 e. The third kappa shape index (κ3) is 2.11. The molecule has 0 aliphatic carbocycles. The molecule has 22 heavy (non-hydrogen) atoms. The van der Waals surface area contributed by atoms with Crippen LogP contribution in [0.4, 0.5) is 5.69 Å². The minimum absolute atomic E-state index is 0.198. The first kappa shape index (κ1) is 14.3. The summed E-state index contributed by atoms with van der Waals surface area (Å²) in [6.07, 6.45) is 2.13. The van der Waals surface area contributed by atoms with Crippen LogP contribution in [-0.2, 0) is 4.74 Å². The lowest BCUT2D eigenvalue weighted by Crippen LogP contribution is -2.68. The number of piperazine rings is 1. The zero-order chi connectivity index (χ0) is 15.3. The number of halogens is 1. The fourth-order valence-electron chi connectivity index (χ4n) is 3.49. The van der Waals surface area contributed by atoms with E-state index in [9.17, 15) is 0 Å². The molecule has 3 heterocycles. The van der Waals surface area contributed by atoms with Crippen LogP contribution in [0.1, 0.15) is 13.8 Å². The maximum Gasteiger partial charge on any atom is 0.0751 e. The van der Waals surface area contributed by atoms with Gasteiger partial charge in [-0.05, 0) is 26.0 Å². The van der Waals surface area contributed by atoms with Gasteiger partial charge in [0, 0.05) is 31.6 Å². The lowest BCUT2D eigenvalue weighted by molar-refractivity contribution is -0.186. The number of hydrogen-bond acceptors (Lipinski definition) is 4. The third-order valence-electron chi connectivity index (χ3n) is 5.35. The average Bonchev–Trinajstić information content (AvgIpc) is 2.99. The summed E-state index contributed by atoms with van der Waals surface area (Å²) in [5.74, 6) is 0. The fourth-order valence-corrected chi connectivity index (χ4v) is 3.78. The minimum atomic E-state index is 0.198. The van der Waals surface area contributed by atoms with Gasteiger partial charge in [0.25, 0.3) is 0 Å². The van der Waals surface area contributed by atoms with Gasteiger partial charge in [-0.15, -0.1) is 0 Å². The van der Waals surface area contributed by atoms with E-state index in [0.29, 0.717) is 6.10 Å². The number of aromatic nitrogens is 2. The molecular formula is C16H21ClN4O. The SMILES string of the molecule is C[C@H]1OCC1(C)N1CCN(c2cc3[nH]ncc3cc2Cl)CC1. The van der Waals surface area contributed by atoms with Crippen LogP contribution in [0.15, 0.2) is 18.3 Å². The van der Waals surface area contributed by atoms with Crippen LogP contribution in [0.5, 0.6) is 0 Å². The highest BCUT2D eigenvalue weighted by Gasteiger charge is 2.46. The fraction of sp³-hybridized carbons (Fsp3) is 0.562. The molecule has 0 spiro atoms. The van der Waals surface area contributed by atoms with Gasteiger partial charge >= 0.3 is 0 Å². The second-order valence-corrected chi connectivity index (χ2v) is 6.95. The van der Waals surface area contributed by atoms with Gasteiger partial charge in [-0.2, -0.15) is 5.10 Å². The first-order chi connectivity index (χ1) is 10.6. The van der Waals surface area contributed by atoms with E-state index in [0.717, 1.165) is 54.4 Å². The molecule has 4 rings (SSSR count). The van der Waals surface area contributed by atoms with Crippen LogP contribution in [-0.4, -0.2) is 59.5 Å². The van der Waals surface area contributed by atoms with Crippen molar-refractivity contribution in [3.05, 3.63) is 23.4 Å². The van der Waals surface area contributed by atoms with Gasteiger partial charge in [0.15, 0.2) is 0 Å². The molecule has 1 unspecified atom stereocenters. The number of rotatable bonds is 2. The van der Waals surface area contributed by atoms with E-state index in [2.05, 4.69) is 39.9 Å². The summed E-state index contributed by atoms with van der Waals surface area (Å²) in [5, 5.41) is 8.95. The number of nitrogens with one attached hydrogen (secondary N) is 1. The Morgan fingerprint density at radius 2 is 2.09 bits per heavy atom. The largest absolute Gasteiger partial charge is 0.374 e. The molecule has 2 atom stereocenters. The van der Waals surface area contributed by atoms with E-state index in [1.54, 1.807) is 0 Å². The quantitative estimate of drug-likeness (QED) is 0.923. The Hall–Kier alpha value is -1.30. The number of ether oxygens (including phenoxy) is 1. The Morgan fingerprint density at radius 3 is 2.73 bits per heavy atom. The highest BCUT2D eigenvalue weighted by molar-refractivity contribution is 6.34. The predicted octanol–water partition coefficient (Wildman–Crippen LogP) is 2.52. The molecule has 5 nitrogen and oxygen atoms in total. The Bertz CT molecular complexity index is 695. The van der Waals surface area contributed by atoms with Crippen molar-refractivity contribution in [2.75, 3.05) is 37.7 Å². The number of H-pyrrole nitrogens is 1. The first-order valence-corrected chi connectivity index (χ1v) is 8.20. The predicted molar refractivity (Wildman–Crippen MR) is 88.7 cm³/mol. The van der Waals surface area contributed by atoms with Gasteiger partial charge in [-0.25, -0.2) is 0 Å². The summed E-state index contributed by atoms with van der Waals surface area (Å²) in [7, 11) is 0. The van der Waals surface area contributed by atoms with Crippen LogP contribution in [0.25, 0.3) is 10.9 Å². The molecule has 2 fully saturated rings. The molecular weight excluding hydrogens is 300 g/mol. The van der Waals surface area contributed by atoms with Crippen LogP contribution in [0.2, 0.25) is 5.02 Å². The Morgan fingerprint density at radius 1 is 1.32 bits per heavy atom. The van der Waals surface area contributed by atoms with E-state index < -0.39 is 0 Å². The number of anilines is 1. The van der Waals surface area contributed by atoms with Crippen molar-refractivity contribution in [2.24, 2.45) is 0 Å². The first-order valence-electron chi connectivity index (χ1n) is 7.82. The Labute approximate surface area is 135 Å². The lowest BCUT2D eigenvalue weighted by atomic mass is 9.88.